The van der Waals surface area contributed by atoms with E-state index in [1.54, 1.807) is 30.3 Å². The molecule has 21 heavy (non-hydrogen) atoms. The van der Waals surface area contributed by atoms with E-state index in [0.29, 0.717) is 21.2 Å². The van der Waals surface area contributed by atoms with Crippen LogP contribution in [0.15, 0.2) is 52.1 Å². The highest BCUT2D eigenvalue weighted by atomic mass is 79.9. The van der Waals surface area contributed by atoms with Crippen LogP contribution in [0.3, 0.4) is 0 Å². The zero-order chi connectivity index (χ0) is 15.2. The minimum atomic E-state index is -3.69. The maximum atomic E-state index is 12.7. The number of halogens is 1. The Balaban J connectivity index is 2.26. The summed E-state index contributed by atoms with van der Waals surface area (Å²) in [5.41, 5.74) is 7.52. The van der Waals surface area contributed by atoms with E-state index in [4.69, 9.17) is 5.73 Å². The van der Waals surface area contributed by atoms with E-state index in [1.807, 2.05) is 6.92 Å². The zero-order valence-corrected chi connectivity index (χ0v) is 13.5. The van der Waals surface area contributed by atoms with E-state index in [1.165, 1.54) is 12.4 Å². The van der Waals surface area contributed by atoms with Gasteiger partial charge in [-0.2, -0.15) is 0 Å². The summed E-state index contributed by atoms with van der Waals surface area (Å²) in [4.78, 5) is 4.36. The molecule has 0 spiro atoms. The molecule has 3 rings (SSSR count). The molecule has 0 bridgehead atoms. The number of benzene rings is 1. The van der Waals surface area contributed by atoms with Gasteiger partial charge in [0.25, 0.3) is 10.0 Å². The van der Waals surface area contributed by atoms with Crippen molar-refractivity contribution in [3.8, 4) is 0 Å². The minimum absolute atomic E-state index is 0.219. The molecular weight excluding hydrogens is 354 g/mol. The first-order valence-electron chi connectivity index (χ1n) is 6.14. The van der Waals surface area contributed by atoms with Crippen molar-refractivity contribution in [2.45, 2.75) is 11.8 Å². The molecule has 0 aliphatic rings. The Morgan fingerprint density at radius 3 is 2.57 bits per heavy atom. The van der Waals surface area contributed by atoms with Gasteiger partial charge in [0.05, 0.1) is 16.8 Å². The minimum Gasteiger partial charge on any atom is -0.397 e. The number of rotatable bonds is 2. The molecule has 0 radical (unpaired) electrons. The van der Waals surface area contributed by atoms with Crippen molar-refractivity contribution in [3.05, 3.63) is 52.8 Å². The van der Waals surface area contributed by atoms with E-state index < -0.39 is 10.0 Å². The molecular formula is C14H12BrN3O2S. The third-order valence-electron chi connectivity index (χ3n) is 3.16. The van der Waals surface area contributed by atoms with Crippen LogP contribution in [-0.4, -0.2) is 17.4 Å². The first-order chi connectivity index (χ1) is 9.89. The first-order valence-corrected chi connectivity index (χ1v) is 8.37. The molecule has 3 aromatic rings. The van der Waals surface area contributed by atoms with Gasteiger partial charge >= 0.3 is 0 Å². The number of nitrogens with two attached hydrogens (primary N) is 1. The lowest BCUT2D eigenvalue weighted by Crippen LogP contribution is -2.12. The first kappa shape index (κ1) is 14.1. The second kappa shape index (κ2) is 4.85. The fraction of sp³-hybridized carbons (Fsp3) is 0.0714. The van der Waals surface area contributed by atoms with E-state index in [9.17, 15) is 8.42 Å². The number of aryl methyl sites for hydroxylation is 1. The molecule has 2 N–H and O–H groups in total. The van der Waals surface area contributed by atoms with Gasteiger partial charge in [-0.15, -0.1) is 0 Å². The van der Waals surface area contributed by atoms with Gasteiger partial charge in [0, 0.05) is 16.1 Å². The normalized spacial score (nSPS) is 11.9. The molecule has 0 fully saturated rings. The van der Waals surface area contributed by atoms with Crippen LogP contribution in [-0.2, 0) is 10.0 Å². The van der Waals surface area contributed by atoms with Gasteiger partial charge in [0.1, 0.15) is 0 Å². The molecule has 0 saturated heterocycles. The van der Waals surface area contributed by atoms with E-state index in [0.717, 1.165) is 9.54 Å². The Hall–Kier alpha value is -1.86. The Kier molecular flexibility index (Phi) is 3.26. The number of hydrogen-bond acceptors (Lipinski definition) is 4. The van der Waals surface area contributed by atoms with Crippen LogP contribution in [0.5, 0.6) is 0 Å². The largest absolute Gasteiger partial charge is 0.397 e. The predicted molar refractivity (Wildman–Crippen MR) is 85.6 cm³/mol. The van der Waals surface area contributed by atoms with Crippen LogP contribution in [0.1, 0.15) is 5.56 Å². The molecule has 2 aromatic heterocycles. The Labute approximate surface area is 130 Å². The Morgan fingerprint density at radius 1 is 1.24 bits per heavy atom. The number of aromatic nitrogens is 2. The molecule has 0 saturated carbocycles. The van der Waals surface area contributed by atoms with Gasteiger partial charge in [0.2, 0.25) is 0 Å². The summed E-state index contributed by atoms with van der Waals surface area (Å²) in [5.74, 6) is 0. The molecule has 5 nitrogen and oxygen atoms in total. The van der Waals surface area contributed by atoms with E-state index in [-0.39, 0.29) is 4.90 Å². The third kappa shape index (κ3) is 2.32. The lowest BCUT2D eigenvalue weighted by atomic mass is 10.2. The summed E-state index contributed by atoms with van der Waals surface area (Å²) in [6.07, 6.45) is 2.93. The molecule has 1 aromatic carbocycles. The second-order valence-corrected chi connectivity index (χ2v) is 7.40. The number of anilines is 1. The summed E-state index contributed by atoms with van der Waals surface area (Å²) in [6, 6.07) is 8.38. The van der Waals surface area contributed by atoms with Crippen LogP contribution in [0.2, 0.25) is 0 Å². The van der Waals surface area contributed by atoms with Gasteiger partial charge in [0.15, 0.2) is 5.65 Å². The molecule has 0 aliphatic carbocycles. The maximum Gasteiger partial charge on any atom is 0.269 e. The molecule has 0 atom stereocenters. The van der Waals surface area contributed by atoms with Crippen LogP contribution < -0.4 is 5.73 Å². The number of nitrogen functional groups attached to an aromatic ring is 1. The van der Waals surface area contributed by atoms with Gasteiger partial charge in [-0.3, -0.25) is 0 Å². The lowest BCUT2D eigenvalue weighted by Gasteiger charge is -2.07. The Bertz CT molecular complexity index is 931. The highest BCUT2D eigenvalue weighted by Gasteiger charge is 2.21. The number of pyridine rings is 1. The van der Waals surface area contributed by atoms with Gasteiger partial charge in [-0.1, -0.05) is 17.7 Å². The van der Waals surface area contributed by atoms with Crippen LogP contribution >= 0.6 is 15.9 Å². The standard InChI is InChI=1S/C14H12BrN3O2S/c1-9-2-4-11(5-3-9)21(19,20)18-8-13(15)12-6-10(16)7-17-14(12)18/h2-8H,16H2,1H3. The van der Waals surface area contributed by atoms with Crippen LogP contribution in [0.25, 0.3) is 11.0 Å². The smallest absolute Gasteiger partial charge is 0.269 e. The predicted octanol–water partition coefficient (Wildman–Crippen LogP) is 2.93. The van der Waals surface area contributed by atoms with Crippen molar-refractivity contribution in [2.24, 2.45) is 0 Å². The fourth-order valence-corrected chi connectivity index (χ4v) is 4.02. The van der Waals surface area contributed by atoms with Crippen molar-refractivity contribution in [1.82, 2.24) is 8.96 Å². The van der Waals surface area contributed by atoms with Crippen molar-refractivity contribution in [2.75, 3.05) is 5.73 Å². The zero-order valence-electron chi connectivity index (χ0n) is 11.1. The molecule has 0 unspecified atom stereocenters. The van der Waals surface area contributed by atoms with E-state index >= 15 is 0 Å². The number of nitrogens with zero attached hydrogens (tertiary/aromatic N) is 2. The molecule has 0 amide bonds. The SMILES string of the molecule is Cc1ccc(S(=O)(=O)n2cc(Br)c3cc(N)cnc32)cc1. The highest BCUT2D eigenvalue weighted by molar-refractivity contribution is 9.10. The highest BCUT2D eigenvalue weighted by Crippen LogP contribution is 2.29. The second-order valence-electron chi connectivity index (χ2n) is 4.73. The van der Waals surface area contributed by atoms with Crippen molar-refractivity contribution >= 4 is 42.7 Å². The molecule has 2 heterocycles. The molecule has 108 valence electrons. The van der Waals surface area contributed by atoms with Crippen molar-refractivity contribution in [3.63, 3.8) is 0 Å². The lowest BCUT2D eigenvalue weighted by molar-refractivity contribution is 0.588. The summed E-state index contributed by atoms with van der Waals surface area (Å²) in [7, 11) is -3.69. The number of hydrogen-bond donors (Lipinski definition) is 1. The van der Waals surface area contributed by atoms with Gasteiger partial charge in [-0.25, -0.2) is 17.4 Å². The maximum absolute atomic E-state index is 12.7. The topological polar surface area (TPSA) is 78.0 Å². The molecule has 7 heteroatoms. The molecule has 0 aliphatic heterocycles. The van der Waals surface area contributed by atoms with Crippen LogP contribution in [0, 0.1) is 6.92 Å². The monoisotopic (exact) mass is 365 g/mol. The quantitative estimate of drug-likeness (QED) is 0.757. The van der Waals surface area contributed by atoms with E-state index in [2.05, 4.69) is 20.9 Å². The Morgan fingerprint density at radius 2 is 1.90 bits per heavy atom. The third-order valence-corrected chi connectivity index (χ3v) is 5.46. The van der Waals surface area contributed by atoms with Crippen molar-refractivity contribution in [1.29, 1.82) is 0 Å². The average molecular weight is 366 g/mol. The summed E-state index contributed by atoms with van der Waals surface area (Å²) in [5, 5.41) is 0.658. The average Bonchev–Trinajstić information content (AvgIpc) is 2.77. The van der Waals surface area contributed by atoms with Gasteiger partial charge in [-0.05, 0) is 41.1 Å². The summed E-state index contributed by atoms with van der Waals surface area (Å²) in [6.45, 7) is 1.91. The summed E-state index contributed by atoms with van der Waals surface area (Å²) >= 11 is 3.35. The van der Waals surface area contributed by atoms with Crippen molar-refractivity contribution < 1.29 is 8.42 Å². The van der Waals surface area contributed by atoms with Gasteiger partial charge < -0.3 is 5.73 Å². The number of fused-ring (bicyclic) bond motifs is 1. The van der Waals surface area contributed by atoms with Crippen LogP contribution in [0.4, 0.5) is 5.69 Å². The summed E-state index contributed by atoms with van der Waals surface area (Å²) < 4.78 is 27.3. The fourth-order valence-electron chi connectivity index (χ4n) is 2.07.